The van der Waals surface area contributed by atoms with Crippen LogP contribution in [0.4, 0.5) is 0 Å². The quantitative estimate of drug-likeness (QED) is 0.902. The smallest absolute Gasteiger partial charge is 0.270 e. The highest BCUT2D eigenvalue weighted by Gasteiger charge is 2.27. The summed E-state index contributed by atoms with van der Waals surface area (Å²) in [7, 11) is 1.88. The number of nitrogens with zero attached hydrogens (tertiary/aromatic N) is 4. The SMILES string of the molecule is Cn1cc(-c2nc(C(=O)NC3CCN(CC4CC4)CC3)cs2)cn1. The molecule has 0 unspecified atom stereocenters. The summed E-state index contributed by atoms with van der Waals surface area (Å²) in [6.45, 7) is 3.44. The van der Waals surface area contributed by atoms with Crippen LogP contribution >= 0.6 is 11.3 Å². The first-order valence-electron chi connectivity index (χ1n) is 8.65. The van der Waals surface area contributed by atoms with Gasteiger partial charge in [0, 0.05) is 49.9 Å². The topological polar surface area (TPSA) is 63.1 Å². The molecule has 1 saturated carbocycles. The Morgan fingerprint density at radius 3 is 2.79 bits per heavy atom. The lowest BCUT2D eigenvalue weighted by atomic mass is 10.0. The lowest BCUT2D eigenvalue weighted by molar-refractivity contribution is 0.0905. The van der Waals surface area contributed by atoms with Gasteiger partial charge in [-0.25, -0.2) is 4.98 Å². The maximum atomic E-state index is 12.4. The molecule has 2 aromatic heterocycles. The van der Waals surface area contributed by atoms with Crippen molar-refractivity contribution in [3.63, 3.8) is 0 Å². The predicted octanol–water partition coefficient (Wildman–Crippen LogP) is 2.15. The summed E-state index contributed by atoms with van der Waals surface area (Å²) >= 11 is 1.49. The molecule has 4 rings (SSSR count). The Morgan fingerprint density at radius 2 is 2.12 bits per heavy atom. The number of carbonyl (C=O) groups is 1. The molecule has 2 aromatic rings. The normalized spacial score (nSPS) is 19.5. The van der Waals surface area contributed by atoms with E-state index in [1.807, 2.05) is 18.6 Å². The molecule has 0 radical (unpaired) electrons. The lowest BCUT2D eigenvalue weighted by Gasteiger charge is -2.32. The molecule has 1 saturated heterocycles. The van der Waals surface area contributed by atoms with Gasteiger partial charge < -0.3 is 10.2 Å². The molecule has 128 valence electrons. The van der Waals surface area contributed by atoms with E-state index in [0.717, 1.165) is 42.4 Å². The molecule has 1 amide bonds. The van der Waals surface area contributed by atoms with E-state index >= 15 is 0 Å². The lowest BCUT2D eigenvalue weighted by Crippen LogP contribution is -2.45. The minimum atomic E-state index is -0.0537. The van der Waals surface area contributed by atoms with Crippen molar-refractivity contribution in [2.45, 2.75) is 31.7 Å². The molecule has 0 aromatic carbocycles. The largest absolute Gasteiger partial charge is 0.348 e. The van der Waals surface area contributed by atoms with Crippen molar-refractivity contribution in [1.82, 2.24) is 25.0 Å². The van der Waals surface area contributed by atoms with Crippen LogP contribution in [0.2, 0.25) is 0 Å². The number of hydrogen-bond donors (Lipinski definition) is 1. The molecule has 1 aliphatic carbocycles. The fourth-order valence-corrected chi connectivity index (χ4v) is 4.00. The van der Waals surface area contributed by atoms with Crippen molar-refractivity contribution in [1.29, 1.82) is 0 Å². The number of nitrogens with one attached hydrogen (secondary N) is 1. The highest BCUT2D eigenvalue weighted by Crippen LogP contribution is 2.30. The van der Waals surface area contributed by atoms with E-state index in [0.29, 0.717) is 5.69 Å². The molecule has 0 atom stereocenters. The van der Waals surface area contributed by atoms with Gasteiger partial charge in [0.25, 0.3) is 5.91 Å². The standard InChI is InChI=1S/C17H23N5OS/c1-21-10-13(8-18-21)17-20-15(11-24-17)16(23)19-14-4-6-22(7-5-14)9-12-2-3-12/h8,10-12,14H,2-7,9H2,1H3,(H,19,23). The van der Waals surface area contributed by atoms with Crippen LogP contribution in [-0.4, -0.2) is 51.2 Å². The van der Waals surface area contributed by atoms with Gasteiger partial charge >= 0.3 is 0 Å². The van der Waals surface area contributed by atoms with Gasteiger partial charge in [0.15, 0.2) is 0 Å². The summed E-state index contributed by atoms with van der Waals surface area (Å²) in [6.07, 6.45) is 8.57. The van der Waals surface area contributed by atoms with Crippen LogP contribution < -0.4 is 5.32 Å². The molecule has 0 bridgehead atoms. The van der Waals surface area contributed by atoms with Gasteiger partial charge in [0.1, 0.15) is 10.7 Å². The van der Waals surface area contributed by atoms with Crippen LogP contribution in [0.25, 0.3) is 10.6 Å². The Bertz CT molecular complexity index is 712. The Kier molecular flexibility index (Phi) is 4.37. The van der Waals surface area contributed by atoms with Crippen molar-refractivity contribution in [2.75, 3.05) is 19.6 Å². The van der Waals surface area contributed by atoms with E-state index in [4.69, 9.17) is 0 Å². The molecule has 2 fully saturated rings. The number of rotatable bonds is 5. The van der Waals surface area contributed by atoms with Crippen LogP contribution in [0.15, 0.2) is 17.8 Å². The van der Waals surface area contributed by atoms with Crippen LogP contribution in [-0.2, 0) is 7.05 Å². The number of piperidine rings is 1. The first kappa shape index (κ1) is 15.8. The van der Waals surface area contributed by atoms with Gasteiger partial charge in [0.05, 0.1) is 6.20 Å². The zero-order valence-electron chi connectivity index (χ0n) is 13.9. The van der Waals surface area contributed by atoms with Crippen LogP contribution in [0.3, 0.4) is 0 Å². The molecule has 24 heavy (non-hydrogen) atoms. The molecule has 6 nitrogen and oxygen atoms in total. The first-order chi connectivity index (χ1) is 11.7. The number of thiazole rings is 1. The fraction of sp³-hybridized carbons (Fsp3) is 0.588. The maximum Gasteiger partial charge on any atom is 0.270 e. The average molecular weight is 345 g/mol. The summed E-state index contributed by atoms with van der Waals surface area (Å²) in [5.74, 6) is 0.888. The van der Waals surface area contributed by atoms with E-state index in [1.165, 1.54) is 30.7 Å². The van der Waals surface area contributed by atoms with Crippen molar-refractivity contribution < 1.29 is 4.79 Å². The molecular formula is C17H23N5OS. The van der Waals surface area contributed by atoms with Crippen molar-refractivity contribution in [3.05, 3.63) is 23.5 Å². The van der Waals surface area contributed by atoms with E-state index < -0.39 is 0 Å². The summed E-state index contributed by atoms with van der Waals surface area (Å²) in [5.41, 5.74) is 1.47. The van der Waals surface area contributed by atoms with Gasteiger partial charge in [-0.15, -0.1) is 11.3 Å². The Labute approximate surface area is 145 Å². The van der Waals surface area contributed by atoms with Gasteiger partial charge in [-0.3, -0.25) is 9.48 Å². The zero-order chi connectivity index (χ0) is 16.5. The summed E-state index contributed by atoms with van der Waals surface area (Å²) in [5, 5.41) is 9.98. The van der Waals surface area contributed by atoms with E-state index in [1.54, 1.807) is 10.9 Å². The Balaban J connectivity index is 1.31. The molecule has 1 N–H and O–H groups in total. The second kappa shape index (κ2) is 6.64. The van der Waals surface area contributed by atoms with Crippen LogP contribution in [0.5, 0.6) is 0 Å². The molecule has 0 spiro atoms. The first-order valence-corrected chi connectivity index (χ1v) is 9.53. The number of aryl methyl sites for hydroxylation is 1. The third-order valence-corrected chi connectivity index (χ3v) is 5.72. The monoisotopic (exact) mass is 345 g/mol. The second-order valence-electron chi connectivity index (χ2n) is 6.93. The number of likely N-dealkylation sites (tertiary alicyclic amines) is 1. The van der Waals surface area contributed by atoms with E-state index in [9.17, 15) is 4.79 Å². The third kappa shape index (κ3) is 3.67. The Morgan fingerprint density at radius 1 is 1.33 bits per heavy atom. The number of aromatic nitrogens is 3. The van der Waals surface area contributed by atoms with Gasteiger partial charge in [-0.05, 0) is 31.6 Å². The number of carbonyl (C=O) groups excluding carboxylic acids is 1. The van der Waals surface area contributed by atoms with Gasteiger partial charge in [-0.1, -0.05) is 0 Å². The number of hydrogen-bond acceptors (Lipinski definition) is 5. The average Bonchev–Trinajstić information content (AvgIpc) is 3.08. The van der Waals surface area contributed by atoms with Crippen molar-refractivity contribution in [3.8, 4) is 10.6 Å². The minimum Gasteiger partial charge on any atom is -0.348 e. The highest BCUT2D eigenvalue weighted by molar-refractivity contribution is 7.13. The molecule has 3 heterocycles. The summed E-state index contributed by atoms with van der Waals surface area (Å²) in [4.78, 5) is 19.4. The summed E-state index contributed by atoms with van der Waals surface area (Å²) < 4.78 is 1.74. The molecular weight excluding hydrogens is 322 g/mol. The van der Waals surface area contributed by atoms with Crippen molar-refractivity contribution in [2.24, 2.45) is 13.0 Å². The van der Waals surface area contributed by atoms with Crippen molar-refractivity contribution >= 4 is 17.2 Å². The molecule has 7 heteroatoms. The predicted molar refractivity (Wildman–Crippen MR) is 94.0 cm³/mol. The minimum absolute atomic E-state index is 0.0537. The van der Waals surface area contributed by atoms with Gasteiger partial charge in [0.2, 0.25) is 0 Å². The summed E-state index contributed by atoms with van der Waals surface area (Å²) in [6, 6.07) is 0.275. The zero-order valence-corrected chi connectivity index (χ0v) is 14.8. The van der Waals surface area contributed by atoms with Crippen LogP contribution in [0, 0.1) is 5.92 Å². The van der Waals surface area contributed by atoms with Gasteiger partial charge in [-0.2, -0.15) is 5.10 Å². The van der Waals surface area contributed by atoms with E-state index in [-0.39, 0.29) is 11.9 Å². The van der Waals surface area contributed by atoms with E-state index in [2.05, 4.69) is 20.3 Å². The maximum absolute atomic E-state index is 12.4. The highest BCUT2D eigenvalue weighted by atomic mass is 32.1. The Hall–Kier alpha value is -1.73. The molecule has 2 aliphatic rings. The second-order valence-corrected chi connectivity index (χ2v) is 7.79. The number of amides is 1. The molecule has 1 aliphatic heterocycles. The van der Waals surface area contributed by atoms with Crippen LogP contribution in [0.1, 0.15) is 36.2 Å². The fourth-order valence-electron chi connectivity index (χ4n) is 3.23. The third-order valence-electron chi connectivity index (χ3n) is 4.82.